The Hall–Kier alpha value is -2.36. The standard InChI is InChI=1S/C21H32F3N5O2/c1-4-25-20(26-15-5-7-28(12-15)14-21(22,23)24)27-16-6-8-29(13-16)17-9-18(30-2)11-19(10-17)31-3/h9-11,15-16H,4-8,12-14H2,1-3H3,(H2,25,26,27). The fourth-order valence-electron chi connectivity index (χ4n) is 4.11. The summed E-state index contributed by atoms with van der Waals surface area (Å²) in [5, 5.41) is 6.78. The van der Waals surface area contributed by atoms with Crippen molar-refractivity contribution in [3.63, 3.8) is 0 Å². The van der Waals surface area contributed by atoms with E-state index in [1.165, 1.54) is 4.90 Å². The highest BCUT2D eigenvalue weighted by atomic mass is 19.4. The number of hydrogen-bond acceptors (Lipinski definition) is 5. The van der Waals surface area contributed by atoms with E-state index in [1.807, 2.05) is 25.1 Å². The molecule has 2 fully saturated rings. The van der Waals surface area contributed by atoms with Crippen LogP contribution in [0.5, 0.6) is 11.5 Å². The molecule has 174 valence electrons. The maximum atomic E-state index is 12.6. The van der Waals surface area contributed by atoms with Crippen molar-refractivity contribution in [2.75, 3.05) is 58.4 Å². The first kappa shape index (κ1) is 23.3. The fourth-order valence-corrected chi connectivity index (χ4v) is 4.11. The number of nitrogens with zero attached hydrogens (tertiary/aromatic N) is 3. The highest BCUT2D eigenvalue weighted by molar-refractivity contribution is 5.80. The molecule has 0 bridgehead atoms. The van der Waals surface area contributed by atoms with E-state index < -0.39 is 12.7 Å². The van der Waals surface area contributed by atoms with Crippen LogP contribution in [-0.2, 0) is 0 Å². The largest absolute Gasteiger partial charge is 0.497 e. The average Bonchev–Trinajstić information content (AvgIpc) is 3.36. The van der Waals surface area contributed by atoms with Crippen LogP contribution in [0.25, 0.3) is 0 Å². The minimum Gasteiger partial charge on any atom is -0.497 e. The predicted octanol–water partition coefficient (Wildman–Crippen LogP) is 2.47. The summed E-state index contributed by atoms with van der Waals surface area (Å²) in [4.78, 5) is 8.19. The fraction of sp³-hybridized carbons (Fsp3) is 0.667. The van der Waals surface area contributed by atoms with Crippen LogP contribution < -0.4 is 25.0 Å². The monoisotopic (exact) mass is 443 g/mol. The Morgan fingerprint density at radius 2 is 1.65 bits per heavy atom. The van der Waals surface area contributed by atoms with Crippen LogP contribution in [0.2, 0.25) is 0 Å². The first-order chi connectivity index (χ1) is 14.8. The van der Waals surface area contributed by atoms with Gasteiger partial charge in [0.1, 0.15) is 11.5 Å². The van der Waals surface area contributed by atoms with E-state index in [-0.39, 0.29) is 12.1 Å². The smallest absolute Gasteiger partial charge is 0.401 e. The summed E-state index contributed by atoms with van der Waals surface area (Å²) in [7, 11) is 3.26. The van der Waals surface area contributed by atoms with Crippen molar-refractivity contribution in [1.29, 1.82) is 0 Å². The van der Waals surface area contributed by atoms with Crippen LogP contribution in [0.4, 0.5) is 18.9 Å². The van der Waals surface area contributed by atoms with Crippen LogP contribution in [-0.4, -0.2) is 82.6 Å². The molecular weight excluding hydrogens is 411 g/mol. The van der Waals surface area contributed by atoms with Gasteiger partial charge >= 0.3 is 6.18 Å². The zero-order chi connectivity index (χ0) is 22.4. The lowest BCUT2D eigenvalue weighted by Crippen LogP contribution is -2.49. The third-order valence-electron chi connectivity index (χ3n) is 5.56. The van der Waals surface area contributed by atoms with Crippen molar-refractivity contribution in [1.82, 2.24) is 15.5 Å². The Bertz CT molecular complexity index is 737. The Balaban J connectivity index is 1.55. The number of nitrogens with one attached hydrogen (secondary N) is 2. The van der Waals surface area contributed by atoms with E-state index in [2.05, 4.69) is 20.5 Å². The lowest BCUT2D eigenvalue weighted by molar-refractivity contribution is -0.143. The molecule has 10 heteroatoms. The number of anilines is 1. The van der Waals surface area contributed by atoms with Crippen molar-refractivity contribution in [2.24, 2.45) is 4.99 Å². The van der Waals surface area contributed by atoms with Crippen molar-refractivity contribution in [3.8, 4) is 11.5 Å². The molecule has 2 heterocycles. The Kier molecular flexibility index (Phi) is 7.74. The summed E-state index contributed by atoms with van der Waals surface area (Å²) in [5.41, 5.74) is 1.03. The van der Waals surface area contributed by atoms with Gasteiger partial charge in [-0.3, -0.25) is 9.89 Å². The Morgan fingerprint density at radius 3 is 2.23 bits per heavy atom. The van der Waals surface area contributed by atoms with Crippen molar-refractivity contribution in [3.05, 3.63) is 18.2 Å². The number of aliphatic imine (C=N–C) groups is 1. The molecule has 0 spiro atoms. The number of halogens is 3. The van der Waals surface area contributed by atoms with E-state index in [9.17, 15) is 13.2 Å². The first-order valence-corrected chi connectivity index (χ1v) is 10.6. The zero-order valence-electron chi connectivity index (χ0n) is 18.3. The summed E-state index contributed by atoms with van der Waals surface area (Å²) in [6.07, 6.45) is -2.57. The van der Waals surface area contributed by atoms with Gasteiger partial charge < -0.3 is 25.0 Å². The van der Waals surface area contributed by atoms with Gasteiger partial charge in [-0.25, -0.2) is 0 Å². The Morgan fingerprint density at radius 1 is 1.03 bits per heavy atom. The van der Waals surface area contributed by atoms with E-state index in [0.29, 0.717) is 32.0 Å². The van der Waals surface area contributed by atoms with Gasteiger partial charge in [0, 0.05) is 68.7 Å². The molecule has 2 aliphatic heterocycles. The molecule has 2 saturated heterocycles. The number of benzene rings is 1. The van der Waals surface area contributed by atoms with E-state index in [4.69, 9.17) is 9.47 Å². The summed E-state index contributed by atoms with van der Waals surface area (Å²) in [6, 6.07) is 5.95. The van der Waals surface area contributed by atoms with E-state index in [1.54, 1.807) is 14.2 Å². The van der Waals surface area contributed by atoms with Gasteiger partial charge in [0.25, 0.3) is 0 Å². The molecule has 7 nitrogen and oxygen atoms in total. The summed E-state index contributed by atoms with van der Waals surface area (Å²) < 4.78 is 48.7. The minimum absolute atomic E-state index is 0.0414. The second-order valence-corrected chi connectivity index (χ2v) is 7.95. The zero-order valence-corrected chi connectivity index (χ0v) is 18.3. The molecule has 31 heavy (non-hydrogen) atoms. The van der Waals surface area contributed by atoms with Gasteiger partial charge in [-0.15, -0.1) is 0 Å². The van der Waals surface area contributed by atoms with E-state index >= 15 is 0 Å². The van der Waals surface area contributed by atoms with Crippen molar-refractivity contribution < 1.29 is 22.6 Å². The second-order valence-electron chi connectivity index (χ2n) is 7.95. The van der Waals surface area contributed by atoms with Crippen molar-refractivity contribution >= 4 is 11.6 Å². The highest BCUT2D eigenvalue weighted by Gasteiger charge is 2.34. The number of rotatable bonds is 7. The van der Waals surface area contributed by atoms with Crippen LogP contribution in [0.15, 0.2) is 23.2 Å². The topological polar surface area (TPSA) is 61.4 Å². The molecule has 2 N–H and O–H groups in total. The number of likely N-dealkylation sites (tertiary alicyclic amines) is 1. The molecule has 0 aliphatic carbocycles. The average molecular weight is 444 g/mol. The molecule has 0 aromatic heterocycles. The molecule has 0 saturated carbocycles. The molecule has 1 aromatic carbocycles. The Labute approximate surface area is 181 Å². The van der Waals surface area contributed by atoms with Crippen LogP contribution >= 0.6 is 0 Å². The van der Waals surface area contributed by atoms with Crippen molar-refractivity contribution in [2.45, 2.75) is 38.0 Å². The minimum atomic E-state index is -4.16. The van der Waals surface area contributed by atoms with Gasteiger partial charge in [0.2, 0.25) is 0 Å². The van der Waals surface area contributed by atoms with E-state index in [0.717, 1.165) is 36.7 Å². The maximum absolute atomic E-state index is 12.6. The summed E-state index contributed by atoms with van der Waals surface area (Å²) in [5.74, 6) is 2.15. The second kappa shape index (κ2) is 10.3. The molecule has 3 rings (SSSR count). The number of alkyl halides is 3. The van der Waals surface area contributed by atoms with Gasteiger partial charge in [0.15, 0.2) is 5.96 Å². The third kappa shape index (κ3) is 6.81. The molecule has 2 atom stereocenters. The summed E-state index contributed by atoms with van der Waals surface area (Å²) >= 11 is 0. The lowest BCUT2D eigenvalue weighted by Gasteiger charge is -2.23. The summed E-state index contributed by atoms with van der Waals surface area (Å²) in [6.45, 7) is 4.13. The van der Waals surface area contributed by atoms with Crippen LogP contribution in [0.1, 0.15) is 19.8 Å². The number of hydrogen-bond donors (Lipinski definition) is 2. The lowest BCUT2D eigenvalue weighted by atomic mass is 10.2. The molecule has 0 amide bonds. The predicted molar refractivity (Wildman–Crippen MR) is 115 cm³/mol. The normalized spacial score (nSPS) is 22.6. The number of guanidine groups is 1. The molecular formula is C21H32F3N5O2. The molecule has 1 aromatic rings. The van der Waals surface area contributed by atoms with Gasteiger partial charge in [0.05, 0.1) is 20.8 Å². The van der Waals surface area contributed by atoms with Crippen LogP contribution in [0.3, 0.4) is 0 Å². The van der Waals surface area contributed by atoms with Gasteiger partial charge in [-0.05, 0) is 19.8 Å². The maximum Gasteiger partial charge on any atom is 0.401 e. The SMILES string of the molecule is CCN=C(NC1CCN(CC(F)(F)F)C1)NC1CCN(c2cc(OC)cc(OC)c2)C1. The molecule has 2 unspecified atom stereocenters. The third-order valence-corrected chi connectivity index (χ3v) is 5.56. The molecule has 2 aliphatic rings. The van der Waals surface area contributed by atoms with Gasteiger partial charge in [-0.2, -0.15) is 13.2 Å². The number of methoxy groups -OCH3 is 2. The number of ether oxygens (including phenoxy) is 2. The quantitative estimate of drug-likeness (QED) is 0.499. The highest BCUT2D eigenvalue weighted by Crippen LogP contribution is 2.30. The first-order valence-electron chi connectivity index (χ1n) is 10.6. The van der Waals surface area contributed by atoms with Gasteiger partial charge in [-0.1, -0.05) is 0 Å². The molecule has 0 radical (unpaired) electrons. The van der Waals surface area contributed by atoms with Crippen LogP contribution in [0, 0.1) is 0 Å².